The van der Waals surface area contributed by atoms with E-state index in [4.69, 9.17) is 5.53 Å². The number of hydrogen-bond donors (Lipinski definition) is 2. The lowest BCUT2D eigenvalue weighted by molar-refractivity contribution is 0.239. The van der Waals surface area contributed by atoms with Crippen LogP contribution >= 0.6 is 0 Å². The summed E-state index contributed by atoms with van der Waals surface area (Å²) >= 11 is 0. The summed E-state index contributed by atoms with van der Waals surface area (Å²) in [5, 5.41) is 10.2. The lowest BCUT2D eigenvalue weighted by atomic mass is 10.0. The van der Waals surface area contributed by atoms with E-state index in [2.05, 4.69) is 25.9 Å². The van der Waals surface area contributed by atoms with Crippen LogP contribution in [0.1, 0.15) is 12.5 Å². The van der Waals surface area contributed by atoms with Crippen LogP contribution in [0.4, 0.5) is 10.5 Å². The lowest BCUT2D eigenvalue weighted by Crippen LogP contribution is -2.48. The number of carbonyl (C=O) groups is 1. The molecule has 7 nitrogen and oxygen atoms in total. The Morgan fingerprint density at radius 2 is 2.12 bits per heavy atom. The van der Waals surface area contributed by atoms with E-state index in [1.807, 2.05) is 6.92 Å². The molecular formula is C10H10N6O. The van der Waals surface area contributed by atoms with Crippen molar-refractivity contribution in [1.29, 1.82) is 0 Å². The first-order valence-electron chi connectivity index (χ1n) is 5.00. The molecule has 2 amide bonds. The highest BCUT2D eigenvalue weighted by molar-refractivity contribution is 6.07. The van der Waals surface area contributed by atoms with E-state index in [-0.39, 0.29) is 12.1 Å². The van der Waals surface area contributed by atoms with Crippen LogP contribution in [0.2, 0.25) is 0 Å². The lowest BCUT2D eigenvalue weighted by Gasteiger charge is -2.21. The molecule has 17 heavy (non-hydrogen) atoms. The molecule has 0 saturated carbocycles. The molecule has 0 fully saturated rings. The molecule has 0 radical (unpaired) electrons. The normalized spacial score (nSPS) is 18.5. The minimum absolute atomic E-state index is 0.158. The number of amides is 2. The van der Waals surface area contributed by atoms with Crippen molar-refractivity contribution >= 4 is 17.4 Å². The van der Waals surface area contributed by atoms with Crippen molar-refractivity contribution in [3.63, 3.8) is 0 Å². The van der Waals surface area contributed by atoms with Crippen LogP contribution < -0.4 is 10.7 Å². The number of rotatable bonds is 2. The van der Waals surface area contributed by atoms with Gasteiger partial charge in [0.1, 0.15) is 0 Å². The zero-order valence-corrected chi connectivity index (χ0v) is 9.08. The molecule has 1 aromatic carbocycles. The number of hydrogen-bond acceptors (Lipinski definition) is 3. The topological polar surface area (TPSA) is 102 Å². The Morgan fingerprint density at radius 1 is 1.41 bits per heavy atom. The predicted octanol–water partition coefficient (Wildman–Crippen LogP) is 2.03. The summed E-state index contributed by atoms with van der Waals surface area (Å²) in [5.74, 6) is 0. The van der Waals surface area contributed by atoms with Gasteiger partial charge in [-0.2, -0.15) is 5.10 Å². The van der Waals surface area contributed by atoms with Crippen LogP contribution in [0, 0.1) is 0 Å². The average Bonchev–Trinajstić information content (AvgIpc) is 2.31. The van der Waals surface area contributed by atoms with E-state index >= 15 is 0 Å². The van der Waals surface area contributed by atoms with Gasteiger partial charge < -0.3 is 5.32 Å². The molecule has 7 heteroatoms. The third kappa shape index (κ3) is 2.35. The first kappa shape index (κ1) is 11.0. The summed E-state index contributed by atoms with van der Waals surface area (Å²) in [4.78, 5) is 13.7. The Balaban J connectivity index is 2.28. The maximum atomic E-state index is 11.0. The van der Waals surface area contributed by atoms with Crippen LogP contribution in [0.3, 0.4) is 0 Å². The number of urea groups is 1. The first-order chi connectivity index (χ1) is 8.20. The molecule has 0 bridgehead atoms. The standard InChI is InChI=1S/C10H10N6O/c1-6-9(14-15-10(17)12-6)7-2-4-8(5-3-7)13-16-11/h2-6H,1H3,(H2,12,15,17). The zero-order valence-electron chi connectivity index (χ0n) is 9.08. The summed E-state index contributed by atoms with van der Waals surface area (Å²) in [7, 11) is 0. The summed E-state index contributed by atoms with van der Waals surface area (Å²) < 4.78 is 0. The molecule has 1 heterocycles. The van der Waals surface area contributed by atoms with Gasteiger partial charge in [-0.25, -0.2) is 10.2 Å². The molecule has 2 N–H and O–H groups in total. The monoisotopic (exact) mass is 230 g/mol. The third-order valence-corrected chi connectivity index (χ3v) is 2.36. The van der Waals surface area contributed by atoms with Gasteiger partial charge >= 0.3 is 6.03 Å². The number of hydrazone groups is 1. The second-order valence-electron chi connectivity index (χ2n) is 3.54. The molecule has 1 aromatic rings. The minimum atomic E-state index is -0.313. The van der Waals surface area contributed by atoms with E-state index in [1.54, 1.807) is 24.3 Å². The average molecular weight is 230 g/mol. The zero-order chi connectivity index (χ0) is 12.3. The highest BCUT2D eigenvalue weighted by Gasteiger charge is 2.19. The van der Waals surface area contributed by atoms with Gasteiger partial charge in [-0.15, -0.1) is 0 Å². The predicted molar refractivity (Wildman–Crippen MR) is 62.9 cm³/mol. The Labute approximate surface area is 97.1 Å². The van der Waals surface area contributed by atoms with Crippen LogP contribution in [-0.2, 0) is 0 Å². The van der Waals surface area contributed by atoms with Gasteiger partial charge in [0.05, 0.1) is 11.8 Å². The van der Waals surface area contributed by atoms with Crippen LogP contribution in [-0.4, -0.2) is 17.8 Å². The fourth-order valence-electron chi connectivity index (χ4n) is 1.57. The largest absolute Gasteiger partial charge is 0.335 e. The number of carbonyl (C=O) groups excluding carboxylic acids is 1. The maximum absolute atomic E-state index is 11.0. The molecular weight excluding hydrogens is 220 g/mol. The molecule has 1 aliphatic heterocycles. The van der Waals surface area contributed by atoms with Gasteiger partial charge in [0, 0.05) is 10.6 Å². The fraction of sp³-hybridized carbons (Fsp3) is 0.200. The quantitative estimate of drug-likeness (QED) is 0.453. The molecule has 1 aliphatic rings. The summed E-state index contributed by atoms with van der Waals surface area (Å²) in [6, 6.07) is 6.50. The number of benzene rings is 1. The second-order valence-corrected chi connectivity index (χ2v) is 3.54. The van der Waals surface area contributed by atoms with Gasteiger partial charge in [-0.3, -0.25) is 0 Å². The molecule has 0 saturated heterocycles. The van der Waals surface area contributed by atoms with Gasteiger partial charge in [-0.05, 0) is 18.0 Å². The number of nitrogens with zero attached hydrogens (tertiary/aromatic N) is 4. The smallest absolute Gasteiger partial charge is 0.328 e. The van der Waals surface area contributed by atoms with Crippen LogP contribution in [0.25, 0.3) is 10.4 Å². The minimum Gasteiger partial charge on any atom is -0.328 e. The van der Waals surface area contributed by atoms with Crippen molar-refractivity contribution in [2.45, 2.75) is 13.0 Å². The van der Waals surface area contributed by atoms with Crippen molar-refractivity contribution < 1.29 is 4.79 Å². The molecule has 0 aromatic heterocycles. The molecule has 2 rings (SSSR count). The Bertz CT molecular complexity index is 514. The van der Waals surface area contributed by atoms with Crippen molar-refractivity contribution in [1.82, 2.24) is 10.7 Å². The third-order valence-electron chi connectivity index (χ3n) is 2.36. The Morgan fingerprint density at radius 3 is 2.71 bits per heavy atom. The Hall–Kier alpha value is -2.53. The fourth-order valence-corrected chi connectivity index (χ4v) is 1.57. The maximum Gasteiger partial charge on any atom is 0.335 e. The van der Waals surface area contributed by atoms with E-state index in [1.165, 1.54) is 0 Å². The van der Waals surface area contributed by atoms with Crippen molar-refractivity contribution in [3.8, 4) is 0 Å². The highest BCUT2D eigenvalue weighted by Crippen LogP contribution is 2.15. The van der Waals surface area contributed by atoms with E-state index in [0.29, 0.717) is 5.69 Å². The molecule has 1 unspecified atom stereocenters. The summed E-state index contributed by atoms with van der Waals surface area (Å²) in [6.07, 6.45) is 0. The summed E-state index contributed by atoms with van der Waals surface area (Å²) in [6.45, 7) is 1.85. The van der Waals surface area contributed by atoms with Crippen molar-refractivity contribution in [2.75, 3.05) is 0 Å². The van der Waals surface area contributed by atoms with Gasteiger partial charge in [0.25, 0.3) is 0 Å². The van der Waals surface area contributed by atoms with E-state index in [9.17, 15) is 4.79 Å². The summed E-state index contributed by atoms with van der Waals surface area (Å²) in [5.41, 5.74) is 12.8. The number of azide groups is 1. The van der Waals surface area contributed by atoms with Crippen molar-refractivity contribution in [3.05, 3.63) is 40.3 Å². The SMILES string of the molecule is CC1NC(=O)NN=C1c1ccc(N=[N+]=[N-])cc1. The first-order valence-corrected chi connectivity index (χ1v) is 5.00. The van der Waals surface area contributed by atoms with Gasteiger partial charge in [0.2, 0.25) is 0 Å². The van der Waals surface area contributed by atoms with Crippen LogP contribution in [0.15, 0.2) is 34.5 Å². The molecule has 0 spiro atoms. The van der Waals surface area contributed by atoms with Crippen LogP contribution in [0.5, 0.6) is 0 Å². The molecule has 0 aliphatic carbocycles. The van der Waals surface area contributed by atoms with Gasteiger partial charge in [0.15, 0.2) is 0 Å². The van der Waals surface area contributed by atoms with Gasteiger partial charge in [-0.1, -0.05) is 29.4 Å². The van der Waals surface area contributed by atoms with Crippen molar-refractivity contribution in [2.24, 2.45) is 10.2 Å². The Kier molecular flexibility index (Phi) is 2.93. The number of nitrogens with one attached hydrogen (secondary N) is 2. The second kappa shape index (κ2) is 4.54. The molecule has 86 valence electrons. The van der Waals surface area contributed by atoms with E-state index in [0.717, 1.165) is 11.3 Å². The van der Waals surface area contributed by atoms with E-state index < -0.39 is 0 Å². The highest BCUT2D eigenvalue weighted by atomic mass is 16.2. The molecule has 1 atom stereocenters.